The predicted octanol–water partition coefficient (Wildman–Crippen LogP) is 2.45. The molecule has 1 aromatic rings. The van der Waals surface area contributed by atoms with Gasteiger partial charge in [0, 0.05) is 30.5 Å². The van der Waals surface area contributed by atoms with Crippen LogP contribution in [0.2, 0.25) is 0 Å². The lowest BCUT2D eigenvalue weighted by Gasteiger charge is -2.19. The number of benzene rings is 1. The molecule has 3 nitrogen and oxygen atoms in total. The number of halogens is 1. The average molecular weight is 299 g/mol. The summed E-state index contributed by atoms with van der Waals surface area (Å²) in [5.41, 5.74) is 7.96. The second kappa shape index (κ2) is 6.17. The highest BCUT2D eigenvalue weighted by molar-refractivity contribution is 9.10. The second-order valence-electron chi connectivity index (χ2n) is 4.50. The van der Waals surface area contributed by atoms with Gasteiger partial charge in [-0.1, -0.05) is 22.0 Å². The van der Waals surface area contributed by atoms with Gasteiger partial charge in [-0.2, -0.15) is 0 Å². The number of nitrogens with two attached hydrogens (primary N) is 1. The molecule has 0 heterocycles. The third kappa shape index (κ3) is 4.48. The van der Waals surface area contributed by atoms with Crippen LogP contribution in [0, 0.1) is 6.92 Å². The van der Waals surface area contributed by atoms with E-state index in [1.54, 1.807) is 4.90 Å². The molecule has 4 heteroatoms. The Balaban J connectivity index is 2.70. The normalized spacial score (nSPS) is 12.3. The molecule has 0 saturated carbocycles. The Bertz CT molecular complexity index is 404. The summed E-state index contributed by atoms with van der Waals surface area (Å²) in [6, 6.07) is 6.00. The summed E-state index contributed by atoms with van der Waals surface area (Å²) in [6.45, 7) is 4.51. The van der Waals surface area contributed by atoms with E-state index >= 15 is 0 Å². The lowest BCUT2D eigenvalue weighted by molar-refractivity contribution is -0.130. The monoisotopic (exact) mass is 298 g/mol. The molecule has 0 bridgehead atoms. The summed E-state index contributed by atoms with van der Waals surface area (Å²) in [6.07, 6.45) is 0.392. The number of amides is 1. The number of carbonyl (C=O) groups is 1. The zero-order chi connectivity index (χ0) is 13.0. The highest BCUT2D eigenvalue weighted by Crippen LogP contribution is 2.17. The van der Waals surface area contributed by atoms with E-state index in [4.69, 9.17) is 5.73 Å². The number of aryl methyl sites for hydroxylation is 1. The summed E-state index contributed by atoms with van der Waals surface area (Å²) >= 11 is 3.44. The molecule has 0 aromatic heterocycles. The van der Waals surface area contributed by atoms with Crippen molar-refractivity contribution in [3.05, 3.63) is 33.8 Å². The first-order valence-electron chi connectivity index (χ1n) is 5.64. The third-order valence-electron chi connectivity index (χ3n) is 2.64. The van der Waals surface area contributed by atoms with Crippen molar-refractivity contribution in [1.29, 1.82) is 0 Å². The fourth-order valence-electron chi connectivity index (χ4n) is 1.59. The van der Waals surface area contributed by atoms with Crippen molar-refractivity contribution in [3.63, 3.8) is 0 Å². The Hall–Kier alpha value is -0.870. The van der Waals surface area contributed by atoms with Crippen molar-refractivity contribution >= 4 is 21.8 Å². The van der Waals surface area contributed by atoms with Crippen molar-refractivity contribution < 1.29 is 4.79 Å². The van der Waals surface area contributed by atoms with Crippen LogP contribution in [-0.2, 0) is 11.3 Å². The van der Waals surface area contributed by atoms with Crippen LogP contribution in [0.3, 0.4) is 0 Å². The lowest BCUT2D eigenvalue weighted by Crippen LogP contribution is -2.31. The van der Waals surface area contributed by atoms with E-state index in [1.165, 1.54) is 5.56 Å². The highest BCUT2D eigenvalue weighted by atomic mass is 79.9. The molecule has 0 saturated heterocycles. The SMILES string of the molecule is Cc1ccc(Br)cc1CN(C)C(=O)CC(C)N. The fraction of sp³-hybridized carbons (Fsp3) is 0.462. The van der Waals surface area contributed by atoms with Gasteiger partial charge in [0.1, 0.15) is 0 Å². The van der Waals surface area contributed by atoms with Gasteiger partial charge in [-0.25, -0.2) is 0 Å². The van der Waals surface area contributed by atoms with Gasteiger partial charge < -0.3 is 10.6 Å². The minimum atomic E-state index is -0.0893. The Morgan fingerprint density at radius 3 is 2.76 bits per heavy atom. The van der Waals surface area contributed by atoms with E-state index in [0.717, 1.165) is 10.0 Å². The van der Waals surface area contributed by atoms with E-state index in [1.807, 2.05) is 39.1 Å². The maximum atomic E-state index is 11.8. The predicted molar refractivity (Wildman–Crippen MR) is 73.6 cm³/mol. The van der Waals surface area contributed by atoms with Gasteiger partial charge in [0.15, 0.2) is 0 Å². The van der Waals surface area contributed by atoms with Gasteiger partial charge in [-0.3, -0.25) is 4.79 Å². The van der Waals surface area contributed by atoms with E-state index in [0.29, 0.717) is 13.0 Å². The second-order valence-corrected chi connectivity index (χ2v) is 5.42. The maximum absolute atomic E-state index is 11.8. The highest BCUT2D eigenvalue weighted by Gasteiger charge is 2.12. The molecule has 0 aliphatic carbocycles. The Morgan fingerprint density at radius 2 is 2.18 bits per heavy atom. The van der Waals surface area contributed by atoms with Crippen LogP contribution in [0.15, 0.2) is 22.7 Å². The third-order valence-corrected chi connectivity index (χ3v) is 3.13. The molecule has 0 fully saturated rings. The molecule has 17 heavy (non-hydrogen) atoms. The molecule has 1 aromatic carbocycles. The van der Waals surface area contributed by atoms with E-state index in [2.05, 4.69) is 15.9 Å². The van der Waals surface area contributed by atoms with Crippen LogP contribution in [0.25, 0.3) is 0 Å². The lowest BCUT2D eigenvalue weighted by atomic mass is 10.1. The number of hydrogen-bond donors (Lipinski definition) is 1. The quantitative estimate of drug-likeness (QED) is 0.928. The van der Waals surface area contributed by atoms with Gasteiger partial charge in [0.25, 0.3) is 0 Å². The van der Waals surface area contributed by atoms with Gasteiger partial charge in [0.05, 0.1) is 0 Å². The van der Waals surface area contributed by atoms with Crippen molar-refractivity contribution in [2.75, 3.05) is 7.05 Å². The molecule has 1 rings (SSSR count). The maximum Gasteiger partial charge on any atom is 0.224 e. The first-order valence-corrected chi connectivity index (χ1v) is 6.44. The summed E-state index contributed by atoms with van der Waals surface area (Å²) in [4.78, 5) is 13.5. The largest absolute Gasteiger partial charge is 0.341 e. The summed E-state index contributed by atoms with van der Waals surface area (Å²) in [7, 11) is 1.81. The van der Waals surface area contributed by atoms with E-state index in [-0.39, 0.29) is 11.9 Å². The average Bonchev–Trinajstić information content (AvgIpc) is 2.22. The molecule has 1 unspecified atom stereocenters. The van der Waals surface area contributed by atoms with Gasteiger partial charge in [-0.15, -0.1) is 0 Å². The molecule has 2 N–H and O–H groups in total. The standard InChI is InChI=1S/C13H19BrN2O/c1-9-4-5-12(14)7-11(9)8-16(3)13(17)6-10(2)15/h4-5,7,10H,6,8,15H2,1-3H3. The molecule has 0 spiro atoms. The Kier molecular flexibility index (Phi) is 5.15. The molecule has 0 aliphatic rings. The van der Waals surface area contributed by atoms with Crippen LogP contribution in [-0.4, -0.2) is 23.9 Å². The van der Waals surface area contributed by atoms with Crippen molar-refractivity contribution in [3.8, 4) is 0 Å². The Morgan fingerprint density at radius 1 is 1.53 bits per heavy atom. The molecular weight excluding hydrogens is 280 g/mol. The van der Waals surface area contributed by atoms with Gasteiger partial charge >= 0.3 is 0 Å². The Labute approximate surface area is 111 Å². The summed E-state index contributed by atoms with van der Waals surface area (Å²) < 4.78 is 1.03. The smallest absolute Gasteiger partial charge is 0.224 e. The van der Waals surface area contributed by atoms with Crippen LogP contribution in [0.4, 0.5) is 0 Å². The molecular formula is C13H19BrN2O. The molecule has 94 valence electrons. The van der Waals surface area contributed by atoms with Crippen LogP contribution < -0.4 is 5.73 Å². The number of nitrogens with zero attached hydrogens (tertiary/aromatic N) is 1. The number of carbonyl (C=O) groups excluding carboxylic acids is 1. The minimum Gasteiger partial charge on any atom is -0.341 e. The first-order chi connectivity index (χ1) is 7.90. The van der Waals surface area contributed by atoms with Gasteiger partial charge in [0.2, 0.25) is 5.91 Å². The van der Waals surface area contributed by atoms with Crippen molar-refractivity contribution in [2.24, 2.45) is 5.73 Å². The van der Waals surface area contributed by atoms with E-state index < -0.39 is 0 Å². The van der Waals surface area contributed by atoms with Crippen LogP contribution in [0.5, 0.6) is 0 Å². The number of rotatable bonds is 4. The summed E-state index contributed by atoms with van der Waals surface area (Å²) in [5, 5.41) is 0. The van der Waals surface area contributed by atoms with Crippen LogP contribution in [0.1, 0.15) is 24.5 Å². The zero-order valence-corrected chi connectivity index (χ0v) is 12.1. The van der Waals surface area contributed by atoms with Crippen molar-refractivity contribution in [2.45, 2.75) is 32.9 Å². The number of hydrogen-bond acceptors (Lipinski definition) is 2. The molecule has 1 amide bonds. The van der Waals surface area contributed by atoms with Crippen LogP contribution >= 0.6 is 15.9 Å². The molecule has 1 atom stereocenters. The summed E-state index contributed by atoms with van der Waals surface area (Å²) in [5.74, 6) is 0.0828. The topological polar surface area (TPSA) is 46.3 Å². The van der Waals surface area contributed by atoms with E-state index in [9.17, 15) is 4.79 Å². The molecule has 0 aliphatic heterocycles. The fourth-order valence-corrected chi connectivity index (χ4v) is 1.99. The van der Waals surface area contributed by atoms with Gasteiger partial charge in [-0.05, 0) is 37.1 Å². The first kappa shape index (κ1) is 14.2. The zero-order valence-electron chi connectivity index (χ0n) is 10.5. The minimum absolute atomic E-state index is 0.0828. The van der Waals surface area contributed by atoms with Crippen molar-refractivity contribution in [1.82, 2.24) is 4.90 Å². The molecule has 0 radical (unpaired) electrons.